The van der Waals surface area contributed by atoms with Crippen LogP contribution < -0.4 is 0 Å². The molecule has 0 radical (unpaired) electrons. The Kier molecular flexibility index (Phi) is 3.19. The summed E-state index contributed by atoms with van der Waals surface area (Å²) in [7, 11) is 0. The minimum atomic E-state index is 1.24. The van der Waals surface area contributed by atoms with Gasteiger partial charge >= 0.3 is 0 Å². The number of benzene rings is 2. The van der Waals surface area contributed by atoms with E-state index in [4.69, 9.17) is 0 Å². The Morgan fingerprint density at radius 1 is 0.941 bits per heavy atom. The van der Waals surface area contributed by atoms with Crippen molar-refractivity contribution in [2.24, 2.45) is 0 Å². The first-order valence-corrected chi connectivity index (χ1v) is 7.31. The van der Waals surface area contributed by atoms with Gasteiger partial charge in [-0.15, -0.1) is 0 Å². The van der Waals surface area contributed by atoms with Crippen molar-refractivity contribution in [1.29, 1.82) is 0 Å². The lowest BCUT2D eigenvalue weighted by Crippen LogP contribution is -1.95. The van der Waals surface area contributed by atoms with Gasteiger partial charge in [0, 0.05) is 3.57 Å². The van der Waals surface area contributed by atoms with Gasteiger partial charge in [-0.1, -0.05) is 36.4 Å². The molecule has 2 aromatic carbocycles. The van der Waals surface area contributed by atoms with Crippen LogP contribution in [0.15, 0.2) is 42.5 Å². The minimum absolute atomic E-state index is 1.24. The molecule has 0 fully saturated rings. The minimum Gasteiger partial charge on any atom is -0.0807 e. The molecule has 0 saturated carbocycles. The molecule has 1 aliphatic carbocycles. The summed E-state index contributed by atoms with van der Waals surface area (Å²) >= 11 is 2.47. The van der Waals surface area contributed by atoms with Gasteiger partial charge in [0.15, 0.2) is 0 Å². The first-order chi connectivity index (χ1) is 8.36. The summed E-state index contributed by atoms with van der Waals surface area (Å²) in [4.78, 5) is 0. The number of fused-ring (bicyclic) bond motifs is 1. The molecule has 0 aliphatic heterocycles. The second-order valence-corrected chi connectivity index (χ2v) is 5.78. The predicted octanol–water partition coefficient (Wildman–Crippen LogP) is 5.40. The van der Waals surface area contributed by atoms with Crippen LogP contribution in [0.25, 0.3) is 16.3 Å². The van der Waals surface area contributed by atoms with E-state index < -0.39 is 0 Å². The average molecular weight is 334 g/mol. The average Bonchev–Trinajstić information content (AvgIpc) is 2.39. The SMILES string of the molecule is Ic1ccc2ccccc2c1C1=CCCCC1. The van der Waals surface area contributed by atoms with E-state index in [-0.39, 0.29) is 0 Å². The number of allylic oxidation sites excluding steroid dienone is 2. The van der Waals surface area contributed by atoms with Crippen LogP contribution in [0, 0.1) is 3.57 Å². The molecule has 0 heterocycles. The van der Waals surface area contributed by atoms with Crippen LogP contribution in [0.1, 0.15) is 31.2 Å². The highest BCUT2D eigenvalue weighted by molar-refractivity contribution is 14.1. The van der Waals surface area contributed by atoms with Gasteiger partial charge in [-0.2, -0.15) is 0 Å². The fraction of sp³-hybridized carbons (Fsp3) is 0.250. The molecule has 0 aromatic heterocycles. The van der Waals surface area contributed by atoms with Gasteiger partial charge in [-0.3, -0.25) is 0 Å². The zero-order chi connectivity index (χ0) is 11.7. The fourth-order valence-corrected chi connectivity index (χ4v) is 3.45. The molecule has 0 atom stereocenters. The van der Waals surface area contributed by atoms with Crippen molar-refractivity contribution >= 4 is 38.9 Å². The van der Waals surface area contributed by atoms with Gasteiger partial charge in [-0.05, 0) is 76.2 Å². The lowest BCUT2D eigenvalue weighted by molar-refractivity contribution is 0.742. The van der Waals surface area contributed by atoms with E-state index in [1.165, 1.54) is 45.6 Å². The molecule has 0 saturated heterocycles. The van der Waals surface area contributed by atoms with E-state index in [0.29, 0.717) is 0 Å². The van der Waals surface area contributed by atoms with Crippen LogP contribution in [-0.4, -0.2) is 0 Å². The molecule has 86 valence electrons. The van der Waals surface area contributed by atoms with E-state index in [1.54, 1.807) is 5.57 Å². The van der Waals surface area contributed by atoms with Crippen LogP contribution >= 0.6 is 22.6 Å². The third-order valence-corrected chi connectivity index (χ3v) is 4.39. The lowest BCUT2D eigenvalue weighted by Gasteiger charge is -2.16. The first-order valence-electron chi connectivity index (χ1n) is 6.23. The molecule has 0 unspecified atom stereocenters. The summed E-state index contributed by atoms with van der Waals surface area (Å²) in [6.07, 6.45) is 7.61. The molecule has 0 nitrogen and oxygen atoms in total. The maximum atomic E-state index is 2.47. The van der Waals surface area contributed by atoms with E-state index in [1.807, 2.05) is 0 Å². The van der Waals surface area contributed by atoms with Crippen molar-refractivity contribution in [3.05, 3.63) is 51.6 Å². The second kappa shape index (κ2) is 4.81. The quantitative estimate of drug-likeness (QED) is 0.613. The Labute approximate surface area is 116 Å². The summed E-state index contributed by atoms with van der Waals surface area (Å²) in [6.45, 7) is 0. The molecule has 0 bridgehead atoms. The summed E-state index contributed by atoms with van der Waals surface area (Å²) < 4.78 is 1.38. The van der Waals surface area contributed by atoms with Crippen LogP contribution in [0.5, 0.6) is 0 Å². The third kappa shape index (κ3) is 2.13. The fourth-order valence-electron chi connectivity index (χ4n) is 2.64. The van der Waals surface area contributed by atoms with Gasteiger partial charge in [0.1, 0.15) is 0 Å². The number of hydrogen-bond acceptors (Lipinski definition) is 0. The summed E-state index contributed by atoms with van der Waals surface area (Å²) in [6, 6.07) is 13.2. The normalized spacial score (nSPS) is 15.9. The molecular formula is C16H15I. The Hall–Kier alpha value is -0.830. The van der Waals surface area contributed by atoms with E-state index in [9.17, 15) is 0 Å². The highest BCUT2D eigenvalue weighted by Gasteiger charge is 2.12. The van der Waals surface area contributed by atoms with Crippen molar-refractivity contribution < 1.29 is 0 Å². The number of halogens is 1. The van der Waals surface area contributed by atoms with Crippen molar-refractivity contribution in [2.75, 3.05) is 0 Å². The van der Waals surface area contributed by atoms with E-state index in [2.05, 4.69) is 65.1 Å². The second-order valence-electron chi connectivity index (χ2n) is 4.62. The summed E-state index contributed by atoms with van der Waals surface area (Å²) in [5.41, 5.74) is 3.03. The molecule has 2 aromatic rings. The van der Waals surface area contributed by atoms with Gasteiger partial charge < -0.3 is 0 Å². The van der Waals surface area contributed by atoms with Crippen molar-refractivity contribution in [3.63, 3.8) is 0 Å². The van der Waals surface area contributed by atoms with Crippen LogP contribution in [0.3, 0.4) is 0 Å². The Morgan fingerprint density at radius 3 is 2.65 bits per heavy atom. The monoisotopic (exact) mass is 334 g/mol. The molecule has 3 rings (SSSR count). The summed E-state index contributed by atoms with van der Waals surface area (Å²) in [5.74, 6) is 0. The van der Waals surface area contributed by atoms with Gasteiger partial charge in [0.25, 0.3) is 0 Å². The molecule has 0 amide bonds. The maximum absolute atomic E-state index is 2.47. The smallest absolute Gasteiger partial charge is 0.0211 e. The topological polar surface area (TPSA) is 0 Å². The third-order valence-electron chi connectivity index (χ3n) is 3.49. The Morgan fingerprint density at radius 2 is 1.82 bits per heavy atom. The van der Waals surface area contributed by atoms with Crippen molar-refractivity contribution in [1.82, 2.24) is 0 Å². The van der Waals surface area contributed by atoms with Crippen LogP contribution in [-0.2, 0) is 0 Å². The van der Waals surface area contributed by atoms with Crippen molar-refractivity contribution in [3.8, 4) is 0 Å². The number of rotatable bonds is 1. The molecule has 0 N–H and O–H groups in total. The van der Waals surface area contributed by atoms with E-state index >= 15 is 0 Å². The van der Waals surface area contributed by atoms with Crippen LogP contribution in [0.4, 0.5) is 0 Å². The van der Waals surface area contributed by atoms with E-state index in [0.717, 1.165) is 0 Å². The van der Waals surface area contributed by atoms with Crippen LogP contribution in [0.2, 0.25) is 0 Å². The standard InChI is InChI=1S/C16H15I/c17-15-11-10-12-6-4-5-9-14(12)16(15)13-7-2-1-3-8-13/h4-7,9-11H,1-3,8H2. The largest absolute Gasteiger partial charge is 0.0807 e. The zero-order valence-electron chi connectivity index (χ0n) is 9.75. The molecule has 17 heavy (non-hydrogen) atoms. The zero-order valence-corrected chi connectivity index (χ0v) is 11.9. The van der Waals surface area contributed by atoms with Crippen molar-refractivity contribution in [2.45, 2.75) is 25.7 Å². The molecular weight excluding hydrogens is 319 g/mol. The predicted molar refractivity (Wildman–Crippen MR) is 83.1 cm³/mol. The Balaban J connectivity index is 2.26. The maximum Gasteiger partial charge on any atom is 0.0211 e. The van der Waals surface area contributed by atoms with Gasteiger partial charge in [-0.25, -0.2) is 0 Å². The van der Waals surface area contributed by atoms with Gasteiger partial charge in [0.2, 0.25) is 0 Å². The number of hydrogen-bond donors (Lipinski definition) is 0. The lowest BCUT2D eigenvalue weighted by atomic mass is 9.90. The molecule has 1 aliphatic rings. The molecule has 0 spiro atoms. The van der Waals surface area contributed by atoms with Gasteiger partial charge in [0.05, 0.1) is 0 Å². The Bertz CT molecular complexity index is 581. The highest BCUT2D eigenvalue weighted by Crippen LogP contribution is 2.34. The molecule has 1 heteroatoms. The first kappa shape index (κ1) is 11.3. The summed E-state index contributed by atoms with van der Waals surface area (Å²) in [5, 5.41) is 2.77. The highest BCUT2D eigenvalue weighted by atomic mass is 127.